The zero-order chi connectivity index (χ0) is 20.3. The van der Waals surface area contributed by atoms with Crippen molar-refractivity contribution >= 4 is 11.8 Å². The highest BCUT2D eigenvalue weighted by atomic mass is 32.2. The number of aryl methyl sites for hydroxylation is 1. The van der Waals surface area contributed by atoms with Crippen molar-refractivity contribution in [2.75, 3.05) is 7.11 Å². The number of ether oxygens (including phenoxy) is 1. The number of imidazole rings is 1. The minimum absolute atomic E-state index is 0.303. The largest absolute Gasteiger partial charge is 0.496 e. The lowest BCUT2D eigenvalue weighted by atomic mass is 10.1. The molecule has 0 fully saturated rings. The van der Waals surface area contributed by atoms with E-state index >= 15 is 0 Å². The van der Waals surface area contributed by atoms with Gasteiger partial charge >= 0.3 is 6.18 Å². The average Bonchev–Trinajstić information content (AvgIpc) is 3.03. The number of rotatable bonds is 6. The second-order valence-corrected chi connectivity index (χ2v) is 7.27. The summed E-state index contributed by atoms with van der Waals surface area (Å²) in [6.07, 6.45) is -1.15. The van der Waals surface area contributed by atoms with Gasteiger partial charge in [-0.05, 0) is 19.4 Å². The Hall–Kier alpha value is -2.48. The van der Waals surface area contributed by atoms with Crippen LogP contribution in [0.1, 0.15) is 16.8 Å². The summed E-state index contributed by atoms with van der Waals surface area (Å²) in [5, 5.41) is 0.303. The van der Waals surface area contributed by atoms with E-state index in [4.69, 9.17) is 4.74 Å². The molecule has 2 heterocycles. The maximum Gasteiger partial charge on any atom is 0.406 e. The van der Waals surface area contributed by atoms with Crippen LogP contribution in [0.5, 0.6) is 5.75 Å². The average molecular weight is 407 g/mol. The van der Waals surface area contributed by atoms with E-state index in [1.54, 1.807) is 37.6 Å². The molecule has 0 radical (unpaired) electrons. The number of aromatic nitrogens is 3. The fourth-order valence-corrected chi connectivity index (χ4v) is 4.00. The third-order valence-electron chi connectivity index (χ3n) is 4.31. The van der Waals surface area contributed by atoms with Gasteiger partial charge in [-0.3, -0.25) is 4.98 Å². The number of benzene rings is 1. The normalized spacial score (nSPS) is 11.6. The predicted molar refractivity (Wildman–Crippen MR) is 104 cm³/mol. The minimum atomic E-state index is -4.35. The van der Waals surface area contributed by atoms with Crippen molar-refractivity contribution in [2.24, 2.45) is 0 Å². The first-order chi connectivity index (χ1) is 13.3. The molecule has 0 saturated heterocycles. The number of methoxy groups -OCH3 is 1. The van der Waals surface area contributed by atoms with Crippen LogP contribution in [0.15, 0.2) is 47.9 Å². The molecule has 1 aromatic carbocycles. The van der Waals surface area contributed by atoms with E-state index < -0.39 is 12.7 Å². The number of halogens is 3. The van der Waals surface area contributed by atoms with Gasteiger partial charge in [0.1, 0.15) is 12.3 Å². The number of hydrogen-bond acceptors (Lipinski definition) is 4. The van der Waals surface area contributed by atoms with E-state index in [0.717, 1.165) is 22.6 Å². The summed E-state index contributed by atoms with van der Waals surface area (Å²) in [4.78, 5) is 8.66. The second-order valence-electron chi connectivity index (χ2n) is 6.33. The number of thioether (sulfide) groups is 1. The van der Waals surface area contributed by atoms with E-state index in [2.05, 4.69) is 9.97 Å². The van der Waals surface area contributed by atoms with Gasteiger partial charge in [-0.2, -0.15) is 13.2 Å². The SMILES string of the molecule is COc1c(C)cnc(CSc2ncc(-c3ccccc3)n2CC(F)(F)F)c1C. The summed E-state index contributed by atoms with van der Waals surface area (Å²) in [7, 11) is 1.59. The Labute approximate surface area is 165 Å². The van der Waals surface area contributed by atoms with Crippen molar-refractivity contribution in [2.45, 2.75) is 37.5 Å². The molecule has 0 spiro atoms. The number of pyridine rings is 1. The molecule has 0 amide bonds. The lowest BCUT2D eigenvalue weighted by Crippen LogP contribution is -2.19. The summed E-state index contributed by atoms with van der Waals surface area (Å²) >= 11 is 1.23. The number of alkyl halides is 3. The molecule has 8 heteroatoms. The maximum absolute atomic E-state index is 13.2. The van der Waals surface area contributed by atoms with Crippen LogP contribution in [0.4, 0.5) is 13.2 Å². The lowest BCUT2D eigenvalue weighted by Gasteiger charge is -2.15. The summed E-state index contributed by atoms with van der Waals surface area (Å²) < 4.78 is 46.1. The van der Waals surface area contributed by atoms with Gasteiger partial charge in [0, 0.05) is 23.1 Å². The molecule has 148 valence electrons. The zero-order valence-electron chi connectivity index (χ0n) is 15.7. The third-order valence-corrected chi connectivity index (χ3v) is 5.32. The lowest BCUT2D eigenvalue weighted by molar-refractivity contribution is -0.141. The number of nitrogens with zero attached hydrogens (tertiary/aromatic N) is 3. The summed E-state index contributed by atoms with van der Waals surface area (Å²) in [6.45, 7) is 2.70. The standard InChI is InChI=1S/C20H20F3N3OS/c1-13-9-24-16(14(2)18(13)27-3)11-28-19-25-10-17(15-7-5-4-6-8-15)26(19)12-20(21,22)23/h4-10H,11-12H2,1-3H3. The van der Waals surface area contributed by atoms with Gasteiger partial charge in [-0.15, -0.1) is 0 Å². The third kappa shape index (κ3) is 4.49. The van der Waals surface area contributed by atoms with Crippen molar-refractivity contribution in [3.8, 4) is 17.0 Å². The molecule has 0 N–H and O–H groups in total. The molecular weight excluding hydrogens is 387 g/mol. The summed E-state index contributed by atoms with van der Waals surface area (Å²) in [6, 6.07) is 8.95. The first-order valence-electron chi connectivity index (χ1n) is 8.59. The van der Waals surface area contributed by atoms with Crippen LogP contribution in [0, 0.1) is 13.8 Å². The minimum Gasteiger partial charge on any atom is -0.496 e. The first kappa shape index (κ1) is 20.3. The van der Waals surface area contributed by atoms with E-state index in [-0.39, 0.29) is 0 Å². The van der Waals surface area contributed by atoms with Crippen LogP contribution >= 0.6 is 11.8 Å². The van der Waals surface area contributed by atoms with Gasteiger partial charge in [0.2, 0.25) is 0 Å². The molecular formula is C20H20F3N3OS. The fraction of sp³-hybridized carbons (Fsp3) is 0.300. The van der Waals surface area contributed by atoms with Gasteiger partial charge in [0.25, 0.3) is 0 Å². The van der Waals surface area contributed by atoms with Crippen LogP contribution in [0.25, 0.3) is 11.3 Å². The van der Waals surface area contributed by atoms with Gasteiger partial charge in [-0.25, -0.2) is 4.98 Å². The topological polar surface area (TPSA) is 39.9 Å². The van der Waals surface area contributed by atoms with Gasteiger partial charge < -0.3 is 9.30 Å². The molecule has 0 aliphatic carbocycles. The molecule has 0 unspecified atom stereocenters. The van der Waals surface area contributed by atoms with Crippen molar-refractivity contribution in [3.05, 3.63) is 59.5 Å². The quantitative estimate of drug-likeness (QED) is 0.511. The summed E-state index contributed by atoms with van der Waals surface area (Å²) in [5.74, 6) is 1.14. The Bertz CT molecular complexity index is 955. The van der Waals surface area contributed by atoms with Gasteiger partial charge in [-0.1, -0.05) is 42.1 Å². The van der Waals surface area contributed by atoms with Crippen molar-refractivity contribution < 1.29 is 17.9 Å². The zero-order valence-corrected chi connectivity index (χ0v) is 16.6. The molecule has 0 bridgehead atoms. The van der Waals surface area contributed by atoms with Gasteiger partial charge in [0.05, 0.1) is 24.7 Å². The molecule has 0 aliphatic heterocycles. The van der Waals surface area contributed by atoms with Crippen LogP contribution in [0.2, 0.25) is 0 Å². The Balaban J connectivity index is 1.91. The molecule has 0 aliphatic rings. The highest BCUT2D eigenvalue weighted by molar-refractivity contribution is 7.98. The fourth-order valence-electron chi connectivity index (χ4n) is 2.99. The maximum atomic E-state index is 13.2. The highest BCUT2D eigenvalue weighted by Gasteiger charge is 2.31. The first-order valence-corrected chi connectivity index (χ1v) is 9.58. The molecule has 0 atom stereocenters. The van der Waals surface area contributed by atoms with E-state index in [9.17, 15) is 13.2 Å². The van der Waals surface area contributed by atoms with Gasteiger partial charge in [0.15, 0.2) is 5.16 Å². The van der Waals surface area contributed by atoms with Crippen molar-refractivity contribution in [3.63, 3.8) is 0 Å². The molecule has 3 aromatic rings. The molecule has 0 saturated carbocycles. The number of hydrogen-bond donors (Lipinski definition) is 0. The Morgan fingerprint density at radius 2 is 1.79 bits per heavy atom. The Kier molecular flexibility index (Phi) is 5.98. The van der Waals surface area contributed by atoms with E-state index in [0.29, 0.717) is 22.2 Å². The highest BCUT2D eigenvalue weighted by Crippen LogP contribution is 2.33. The van der Waals surface area contributed by atoms with Crippen LogP contribution < -0.4 is 4.74 Å². The molecule has 4 nitrogen and oxygen atoms in total. The van der Waals surface area contributed by atoms with Crippen molar-refractivity contribution in [1.82, 2.24) is 14.5 Å². The molecule has 2 aromatic heterocycles. The molecule has 3 rings (SSSR count). The Morgan fingerprint density at radius 1 is 1.07 bits per heavy atom. The van der Waals surface area contributed by atoms with Crippen molar-refractivity contribution in [1.29, 1.82) is 0 Å². The van der Waals surface area contributed by atoms with Crippen LogP contribution in [0.3, 0.4) is 0 Å². The smallest absolute Gasteiger partial charge is 0.406 e. The van der Waals surface area contributed by atoms with Crippen LogP contribution in [-0.2, 0) is 12.3 Å². The second kappa shape index (κ2) is 8.26. The monoisotopic (exact) mass is 407 g/mol. The van der Waals surface area contributed by atoms with E-state index in [1.165, 1.54) is 22.5 Å². The molecule has 28 heavy (non-hydrogen) atoms. The Morgan fingerprint density at radius 3 is 2.43 bits per heavy atom. The predicted octanol–water partition coefficient (Wildman–Crippen LogP) is 5.43. The van der Waals surface area contributed by atoms with E-state index in [1.807, 2.05) is 19.9 Å². The summed E-state index contributed by atoms with van der Waals surface area (Å²) in [5.41, 5.74) is 3.69. The van der Waals surface area contributed by atoms with Crippen LogP contribution in [-0.4, -0.2) is 27.8 Å².